The maximum atomic E-state index is 16.6. The van der Waals surface area contributed by atoms with Gasteiger partial charge in [-0.25, -0.2) is 34.5 Å². The number of fused-ring (bicyclic) bond motifs is 16. The van der Waals surface area contributed by atoms with Crippen LogP contribution in [0, 0.1) is 0 Å². The molecule has 8 aromatic carbocycles. The van der Waals surface area contributed by atoms with Gasteiger partial charge in [-0.15, -0.1) is 0 Å². The molecule has 0 unspecified atom stereocenters. The third kappa shape index (κ3) is 5.65. The molecule has 0 fully saturated rings. The maximum absolute atomic E-state index is 16.6. The number of nitrogens with zero attached hydrogens (tertiary/aromatic N) is 8. The molecule has 6 heterocycles. The smallest absolute Gasteiger partial charge is 0.396 e. The number of amidine groups is 4. The zero-order chi connectivity index (χ0) is 43.5. The molecule has 0 amide bonds. The van der Waals surface area contributed by atoms with Crippen molar-refractivity contribution in [1.82, 2.24) is 7.10 Å². The van der Waals surface area contributed by atoms with E-state index in [9.17, 15) is 0 Å². The van der Waals surface area contributed by atoms with E-state index in [1.54, 1.807) is 12.1 Å². The minimum atomic E-state index is -4.82. The van der Waals surface area contributed by atoms with Gasteiger partial charge in [0.1, 0.15) is 34.1 Å². The third-order valence-corrected chi connectivity index (χ3v) is 16.9. The molecule has 4 aliphatic rings. The van der Waals surface area contributed by atoms with Gasteiger partial charge in [-0.2, -0.15) is 0 Å². The molecule has 66 heavy (non-hydrogen) atoms. The lowest BCUT2D eigenvalue weighted by atomic mass is 10.1. The fourth-order valence-corrected chi connectivity index (χ4v) is 14.2. The highest BCUT2D eigenvalue weighted by molar-refractivity contribution is 7.50. The Hall–Kier alpha value is -8.04. The molecule has 4 aliphatic heterocycles. The number of aromatic nitrogens is 2. The van der Waals surface area contributed by atoms with Crippen LogP contribution in [0.4, 0.5) is 11.6 Å². The van der Waals surface area contributed by atoms with E-state index in [0.717, 1.165) is 65.3 Å². The molecule has 2 aromatic heterocycles. The Morgan fingerprint density at radius 3 is 1.18 bits per heavy atom. The van der Waals surface area contributed by atoms with Gasteiger partial charge in [-0.1, -0.05) is 170 Å². The first-order chi connectivity index (χ1) is 32.5. The van der Waals surface area contributed by atoms with Crippen LogP contribution in [0.2, 0.25) is 0 Å². The summed E-state index contributed by atoms with van der Waals surface area (Å²) in [6.07, 6.45) is 0. The molecule has 12 nitrogen and oxygen atoms in total. The Labute approximate surface area is 380 Å². The zero-order valence-electron chi connectivity index (χ0n) is 34.6. The predicted octanol–water partition coefficient (Wildman–Crippen LogP) is 10.5. The summed E-state index contributed by atoms with van der Waals surface area (Å²) in [4.78, 5) is 32.0. The summed E-state index contributed by atoms with van der Waals surface area (Å²) in [5.74, 6) is 3.50. The fourth-order valence-electron chi connectivity index (χ4n) is 9.45. The van der Waals surface area contributed by atoms with Crippen LogP contribution in [-0.2, 0) is 8.14 Å². The van der Waals surface area contributed by atoms with Crippen molar-refractivity contribution < 1.29 is 17.2 Å². The molecule has 0 atom stereocenters. The predicted molar refractivity (Wildman–Crippen MR) is 259 cm³/mol. The lowest BCUT2D eigenvalue weighted by Gasteiger charge is -2.25. The van der Waals surface area contributed by atoms with E-state index in [0.29, 0.717) is 57.5 Å². The van der Waals surface area contributed by atoms with E-state index in [2.05, 4.69) is 0 Å². The summed E-state index contributed by atoms with van der Waals surface area (Å²) in [7, 11) is -4.82. The average molecular weight is 889 g/mol. The SMILES string of the molecule is O=P(Oc1cccc2ccccc12)(Oc1cccc2ccccc12)[O][Al]1[n]2c3c4ccccc4c2N=C2N=C(N=c4c5ccccc5c([n]41)=NC1=NC(=N3)c3ccccc31)c1ccccc12. The Kier molecular flexibility index (Phi) is 8.05. The molecule has 14 heteroatoms. The van der Waals surface area contributed by atoms with Crippen molar-refractivity contribution in [3.8, 4) is 11.5 Å². The van der Waals surface area contributed by atoms with Crippen molar-refractivity contribution in [3.63, 3.8) is 0 Å². The van der Waals surface area contributed by atoms with Gasteiger partial charge in [0.25, 0.3) is 0 Å². The molecule has 0 radical (unpaired) electrons. The van der Waals surface area contributed by atoms with E-state index in [4.69, 9.17) is 42.6 Å². The standard InChI is InChI=1S/C32H16N8.C20H15O4P.Al/c1-2-10-18-17(9-1)25-33-26(18)38-28-21-13-5-6-14-22(21)30(35-28)40-32-24-16-8-7-15-23(24)31(36-32)39-29-20-12-4-3-11-19(20)27(34-29)37-25;21-25(22,23-19-13-5-9-15-7-1-3-11-17(15)19)24-20-14-6-10-16-8-2-4-12-18(16)20;/h1-16H;1-14H,(H,21,22);/q-2;;+3/p-1. The van der Waals surface area contributed by atoms with Crippen molar-refractivity contribution in [1.29, 1.82) is 0 Å². The number of hydrogen-bond acceptors (Lipinski definition) is 10. The fraction of sp³-hybridized carbons (Fsp3) is 0. The van der Waals surface area contributed by atoms with Gasteiger partial charge >= 0.3 is 22.7 Å². The van der Waals surface area contributed by atoms with Crippen LogP contribution in [0.25, 0.3) is 43.1 Å². The van der Waals surface area contributed by atoms with Crippen LogP contribution in [0.15, 0.2) is 212 Å². The molecule has 0 saturated heterocycles. The van der Waals surface area contributed by atoms with Gasteiger partial charge in [0.05, 0.1) is 0 Å². The van der Waals surface area contributed by atoms with Gasteiger partial charge < -0.3 is 19.7 Å². The van der Waals surface area contributed by atoms with E-state index < -0.39 is 22.7 Å². The summed E-state index contributed by atoms with van der Waals surface area (Å²) >= 11 is -3.76. The topological polar surface area (TPSA) is 129 Å². The average Bonchev–Trinajstić information content (AvgIpc) is 4.07. The summed E-state index contributed by atoms with van der Waals surface area (Å²) in [6, 6.07) is 58.6. The summed E-state index contributed by atoms with van der Waals surface area (Å²) in [5.41, 5.74) is 4.27. The Balaban J connectivity index is 1.14. The highest BCUT2D eigenvalue weighted by atomic mass is 31.2. The minimum absolute atomic E-state index is 0.323. The summed E-state index contributed by atoms with van der Waals surface area (Å²) in [5, 5.41) is 6.34. The van der Waals surface area contributed by atoms with Crippen LogP contribution in [0.1, 0.15) is 22.3 Å². The van der Waals surface area contributed by atoms with Crippen molar-refractivity contribution in [2.45, 2.75) is 0 Å². The first kappa shape index (κ1) is 37.3. The lowest BCUT2D eigenvalue weighted by molar-refractivity contribution is 0.296. The molecule has 10 aromatic rings. The normalized spacial score (nSPS) is 14.5. The minimum Gasteiger partial charge on any atom is -0.396 e. The zero-order valence-corrected chi connectivity index (χ0v) is 36.6. The highest BCUT2D eigenvalue weighted by Gasteiger charge is 2.50. The van der Waals surface area contributed by atoms with Crippen LogP contribution in [-0.4, -0.2) is 45.4 Å². The lowest BCUT2D eigenvalue weighted by Crippen LogP contribution is -2.48. The van der Waals surface area contributed by atoms with Gasteiger partial charge in [-0.3, -0.25) is 0 Å². The molecule has 0 aliphatic carbocycles. The molecule has 6 bridgehead atoms. The van der Waals surface area contributed by atoms with Crippen molar-refractivity contribution in [3.05, 3.63) is 215 Å². The molecule has 310 valence electrons. The molecule has 14 rings (SSSR count). The van der Waals surface area contributed by atoms with E-state index in [1.807, 2.05) is 177 Å². The van der Waals surface area contributed by atoms with Crippen molar-refractivity contribution >= 4 is 101 Å². The second-order valence-electron chi connectivity index (χ2n) is 16.2. The molecule has 0 spiro atoms. The Bertz CT molecular complexity index is 3860. The largest absolute Gasteiger partial charge is 0.820 e. The van der Waals surface area contributed by atoms with Crippen LogP contribution >= 0.6 is 7.82 Å². The highest BCUT2D eigenvalue weighted by Crippen LogP contribution is 2.54. The van der Waals surface area contributed by atoms with E-state index >= 15 is 4.57 Å². The van der Waals surface area contributed by atoms with Crippen molar-refractivity contribution in [2.75, 3.05) is 0 Å². The van der Waals surface area contributed by atoms with E-state index in [-0.39, 0.29) is 0 Å². The Morgan fingerprint density at radius 1 is 0.364 bits per heavy atom. The number of benzene rings is 8. The van der Waals surface area contributed by atoms with Crippen LogP contribution in [0.3, 0.4) is 0 Å². The van der Waals surface area contributed by atoms with Crippen molar-refractivity contribution in [2.24, 2.45) is 30.0 Å². The Morgan fingerprint density at radius 2 is 0.727 bits per heavy atom. The van der Waals surface area contributed by atoms with Crippen LogP contribution in [0.5, 0.6) is 11.5 Å². The first-order valence-corrected chi connectivity index (χ1v) is 24.4. The van der Waals surface area contributed by atoms with Gasteiger partial charge in [-0.05, 0) is 22.9 Å². The van der Waals surface area contributed by atoms with Crippen LogP contribution < -0.4 is 20.0 Å². The van der Waals surface area contributed by atoms with Gasteiger partial charge in [0, 0.05) is 54.6 Å². The quantitative estimate of drug-likeness (QED) is 0.122. The number of phosphoric ester groups is 1. The first-order valence-electron chi connectivity index (χ1n) is 21.4. The van der Waals surface area contributed by atoms with Gasteiger partial charge in [0.15, 0.2) is 23.3 Å². The number of phosphoric acid groups is 1. The maximum Gasteiger partial charge on any atom is 0.820 e. The second-order valence-corrected chi connectivity index (χ2v) is 20.0. The van der Waals surface area contributed by atoms with E-state index in [1.165, 1.54) is 0 Å². The second kappa shape index (κ2) is 14.2. The molecular weight excluding hydrogens is 859 g/mol. The summed E-state index contributed by atoms with van der Waals surface area (Å²) < 4.78 is 41.6. The monoisotopic (exact) mass is 888 g/mol. The molecule has 0 saturated carbocycles. The number of aliphatic imine (C=N–C) groups is 4. The molecular formula is C52H30AlN8O4P. The molecule has 0 N–H and O–H groups in total. The number of rotatable bonds is 6. The van der Waals surface area contributed by atoms with Gasteiger partial charge in [0.2, 0.25) is 0 Å². The summed E-state index contributed by atoms with van der Waals surface area (Å²) in [6.45, 7) is 0. The number of hydrogen-bond donors (Lipinski definition) is 0. The third-order valence-electron chi connectivity index (χ3n) is 12.4.